The van der Waals surface area contributed by atoms with Gasteiger partial charge in [-0.25, -0.2) is 8.78 Å². The van der Waals surface area contributed by atoms with Gasteiger partial charge in [-0.05, 0) is 42.0 Å². The van der Waals surface area contributed by atoms with E-state index < -0.39 is 23.1 Å². The minimum absolute atomic E-state index is 0.0925. The van der Waals surface area contributed by atoms with Gasteiger partial charge in [-0.15, -0.1) is 0 Å². The molecule has 0 aliphatic carbocycles. The molecule has 1 aliphatic heterocycles. The van der Waals surface area contributed by atoms with Crippen molar-refractivity contribution >= 4 is 23.2 Å². The second kappa shape index (κ2) is 7.63. The number of halogens is 4. The van der Waals surface area contributed by atoms with Crippen molar-refractivity contribution in [2.75, 3.05) is 6.54 Å². The van der Waals surface area contributed by atoms with Crippen LogP contribution in [-0.4, -0.2) is 6.54 Å². The predicted molar refractivity (Wildman–Crippen MR) is 108 cm³/mol. The summed E-state index contributed by atoms with van der Waals surface area (Å²) in [5.74, 6) is -1.29. The minimum Gasteiger partial charge on any atom is -0.308 e. The summed E-state index contributed by atoms with van der Waals surface area (Å²) in [5, 5.41) is 14.2. The first-order valence-corrected chi connectivity index (χ1v) is 9.89. The van der Waals surface area contributed by atoms with Gasteiger partial charge in [0, 0.05) is 27.7 Å². The van der Waals surface area contributed by atoms with E-state index in [-0.39, 0.29) is 26.9 Å². The van der Waals surface area contributed by atoms with E-state index in [1.54, 1.807) is 24.3 Å². The van der Waals surface area contributed by atoms with E-state index in [9.17, 15) is 9.65 Å². The van der Waals surface area contributed by atoms with Gasteiger partial charge in [0.25, 0.3) is 0 Å². The van der Waals surface area contributed by atoms with E-state index in [0.717, 1.165) is 0 Å². The number of nitrogens with one attached hydrogen (secondary N) is 1. The number of nitriles is 1. The molecule has 148 valence electrons. The fourth-order valence-corrected chi connectivity index (χ4v) is 4.62. The monoisotopic (exact) mass is 422 g/mol. The molecule has 1 aliphatic rings. The Hall–Kier alpha value is -1.67. The van der Waals surface area contributed by atoms with Crippen LogP contribution < -0.4 is 5.32 Å². The van der Waals surface area contributed by atoms with Crippen LogP contribution in [-0.2, 0) is 5.41 Å². The van der Waals surface area contributed by atoms with Crippen molar-refractivity contribution in [3.63, 3.8) is 0 Å². The zero-order valence-corrected chi connectivity index (χ0v) is 17.5. The summed E-state index contributed by atoms with van der Waals surface area (Å²) < 4.78 is 29.8. The largest absolute Gasteiger partial charge is 0.308 e. The van der Waals surface area contributed by atoms with Gasteiger partial charge in [0.05, 0.1) is 12.1 Å². The molecule has 6 heteroatoms. The highest BCUT2D eigenvalue weighted by atomic mass is 35.5. The quantitative estimate of drug-likeness (QED) is 0.618. The van der Waals surface area contributed by atoms with Crippen molar-refractivity contribution in [1.29, 1.82) is 5.26 Å². The van der Waals surface area contributed by atoms with Crippen molar-refractivity contribution in [2.24, 2.45) is 11.3 Å². The third-order valence-corrected chi connectivity index (χ3v) is 5.83. The van der Waals surface area contributed by atoms with Gasteiger partial charge in [-0.2, -0.15) is 5.26 Å². The first-order chi connectivity index (χ1) is 13.1. The van der Waals surface area contributed by atoms with Crippen molar-refractivity contribution in [3.8, 4) is 6.07 Å². The maximum Gasteiger partial charge on any atom is 0.129 e. The zero-order chi connectivity index (χ0) is 20.7. The molecule has 0 saturated carbocycles. The second-order valence-corrected chi connectivity index (χ2v) is 9.45. The standard InChI is InChI=1S/C22H22Cl2F2N2/c1-21(2,3)10-13-11-28-20(16-6-4-14(23)8-18(16)25)22(13,12-27)17-7-5-15(24)9-19(17)26/h4-9,13,20,28H,10-11H2,1-3H3. The molecule has 3 atom stereocenters. The van der Waals surface area contributed by atoms with E-state index in [4.69, 9.17) is 23.2 Å². The molecule has 3 unspecified atom stereocenters. The normalized spacial score (nSPS) is 24.9. The number of rotatable bonds is 3. The van der Waals surface area contributed by atoms with Crippen LogP contribution in [0.2, 0.25) is 10.0 Å². The third kappa shape index (κ3) is 3.76. The molecule has 28 heavy (non-hydrogen) atoms. The Morgan fingerprint density at radius 1 is 1.11 bits per heavy atom. The molecule has 2 aromatic carbocycles. The SMILES string of the molecule is CC(C)(C)CC1CNC(c2ccc(Cl)cc2F)C1(C#N)c1ccc(Cl)cc1F. The van der Waals surface area contributed by atoms with Gasteiger partial charge in [0.2, 0.25) is 0 Å². The predicted octanol–water partition coefficient (Wildman–Crippen LogP) is 6.43. The fourth-order valence-electron chi connectivity index (χ4n) is 4.30. The Morgan fingerprint density at radius 2 is 1.71 bits per heavy atom. The summed E-state index contributed by atoms with van der Waals surface area (Å²) in [5.41, 5.74) is -0.837. The Balaban J connectivity index is 2.23. The van der Waals surface area contributed by atoms with Crippen LogP contribution in [0.1, 0.15) is 44.4 Å². The number of hydrogen-bond donors (Lipinski definition) is 1. The molecule has 2 aromatic rings. The van der Waals surface area contributed by atoms with Crippen molar-refractivity contribution < 1.29 is 8.78 Å². The van der Waals surface area contributed by atoms with Crippen LogP contribution in [0.15, 0.2) is 36.4 Å². The average molecular weight is 423 g/mol. The van der Waals surface area contributed by atoms with E-state index in [1.165, 1.54) is 12.1 Å². The topological polar surface area (TPSA) is 35.8 Å². The van der Waals surface area contributed by atoms with Crippen LogP contribution in [0.5, 0.6) is 0 Å². The molecule has 1 heterocycles. The van der Waals surface area contributed by atoms with Gasteiger partial charge in [0.1, 0.15) is 17.0 Å². The number of hydrogen-bond acceptors (Lipinski definition) is 2. The van der Waals surface area contributed by atoms with Gasteiger partial charge in [-0.1, -0.05) is 56.1 Å². The number of nitrogens with zero attached hydrogens (tertiary/aromatic N) is 1. The molecule has 0 spiro atoms. The lowest BCUT2D eigenvalue weighted by molar-refractivity contribution is 0.246. The molecule has 1 saturated heterocycles. The van der Waals surface area contributed by atoms with Crippen molar-refractivity contribution in [3.05, 3.63) is 69.2 Å². The zero-order valence-electron chi connectivity index (χ0n) is 16.0. The highest BCUT2D eigenvalue weighted by molar-refractivity contribution is 6.30. The molecular weight excluding hydrogens is 401 g/mol. The summed E-state index contributed by atoms with van der Waals surface area (Å²) in [6, 6.07) is 10.3. The summed E-state index contributed by atoms with van der Waals surface area (Å²) in [6.45, 7) is 6.69. The minimum atomic E-state index is -1.28. The molecule has 2 nitrogen and oxygen atoms in total. The molecule has 0 bridgehead atoms. The van der Waals surface area contributed by atoms with Crippen LogP contribution in [0.25, 0.3) is 0 Å². The molecule has 3 rings (SSSR count). The molecule has 0 amide bonds. The average Bonchev–Trinajstić information content (AvgIpc) is 2.92. The Morgan fingerprint density at radius 3 is 2.25 bits per heavy atom. The van der Waals surface area contributed by atoms with E-state index in [0.29, 0.717) is 18.5 Å². The van der Waals surface area contributed by atoms with Crippen LogP contribution in [0.3, 0.4) is 0 Å². The first-order valence-electron chi connectivity index (χ1n) is 9.13. The molecule has 1 N–H and O–H groups in total. The van der Waals surface area contributed by atoms with E-state index >= 15 is 4.39 Å². The summed E-state index contributed by atoms with van der Waals surface area (Å²) in [6.07, 6.45) is 0.668. The van der Waals surface area contributed by atoms with Crippen molar-refractivity contribution in [1.82, 2.24) is 5.32 Å². The second-order valence-electron chi connectivity index (χ2n) is 8.57. The van der Waals surface area contributed by atoms with Gasteiger partial charge in [-0.3, -0.25) is 0 Å². The fraction of sp³-hybridized carbons (Fsp3) is 0.409. The van der Waals surface area contributed by atoms with E-state index in [2.05, 4.69) is 32.2 Å². The molecule has 0 radical (unpaired) electrons. The molecule has 1 fully saturated rings. The van der Waals surface area contributed by atoms with Crippen LogP contribution in [0.4, 0.5) is 8.78 Å². The smallest absolute Gasteiger partial charge is 0.129 e. The third-order valence-electron chi connectivity index (χ3n) is 5.36. The maximum absolute atomic E-state index is 15.0. The summed E-state index contributed by atoms with van der Waals surface area (Å²) in [4.78, 5) is 0. The lowest BCUT2D eigenvalue weighted by atomic mass is 9.63. The highest BCUT2D eigenvalue weighted by Gasteiger charge is 2.55. The van der Waals surface area contributed by atoms with Crippen molar-refractivity contribution in [2.45, 2.75) is 38.6 Å². The summed E-state index contributed by atoms with van der Waals surface area (Å²) in [7, 11) is 0. The summed E-state index contributed by atoms with van der Waals surface area (Å²) >= 11 is 11.8. The highest BCUT2D eigenvalue weighted by Crippen LogP contribution is 2.52. The van der Waals surface area contributed by atoms with Gasteiger partial charge < -0.3 is 5.32 Å². The lowest BCUT2D eigenvalue weighted by Crippen LogP contribution is -2.39. The van der Waals surface area contributed by atoms with Crippen LogP contribution in [0, 0.1) is 34.3 Å². The maximum atomic E-state index is 15.0. The first kappa shape index (κ1) is 21.0. The van der Waals surface area contributed by atoms with Gasteiger partial charge in [0.15, 0.2) is 0 Å². The Labute approximate surface area is 174 Å². The molecule has 0 aromatic heterocycles. The number of benzene rings is 2. The van der Waals surface area contributed by atoms with Crippen LogP contribution >= 0.6 is 23.2 Å². The lowest BCUT2D eigenvalue weighted by Gasteiger charge is -2.37. The van der Waals surface area contributed by atoms with E-state index in [1.807, 2.05) is 0 Å². The Kier molecular flexibility index (Phi) is 5.74. The van der Waals surface area contributed by atoms with Gasteiger partial charge >= 0.3 is 0 Å². The molecular formula is C22H22Cl2F2N2. The Bertz CT molecular complexity index is 933.